The van der Waals surface area contributed by atoms with E-state index in [1.165, 1.54) is 6.07 Å². The molecule has 0 bridgehead atoms. The van der Waals surface area contributed by atoms with Crippen LogP contribution in [-0.2, 0) is 16.6 Å². The Hall–Kier alpha value is -1.05. The van der Waals surface area contributed by atoms with E-state index in [4.69, 9.17) is 5.11 Å². The summed E-state index contributed by atoms with van der Waals surface area (Å²) in [5.41, 5.74) is 1.66. The first-order valence-corrected chi connectivity index (χ1v) is 6.75. The molecule has 0 heterocycles. The van der Waals surface area contributed by atoms with Crippen LogP contribution in [0.25, 0.3) is 0 Å². The Morgan fingerprint density at radius 3 is 2.39 bits per heavy atom. The van der Waals surface area contributed by atoms with Crippen molar-refractivity contribution in [1.82, 2.24) is 4.72 Å². The van der Waals surface area contributed by atoms with Gasteiger partial charge in [-0.3, -0.25) is 0 Å². The third-order valence-corrected chi connectivity index (χ3v) is 4.09. The lowest BCUT2D eigenvalue weighted by atomic mass is 10.1. The van der Waals surface area contributed by atoms with Gasteiger partial charge in [-0.25, -0.2) is 21.9 Å². The largest absolute Gasteiger partial charge is 0.392 e. The molecular formula is C11H15F2NO3S. The maximum absolute atomic E-state index is 12.0. The molecule has 102 valence electrons. The van der Waals surface area contributed by atoms with Gasteiger partial charge in [-0.05, 0) is 36.6 Å². The average molecular weight is 279 g/mol. The Morgan fingerprint density at radius 1 is 1.28 bits per heavy atom. The summed E-state index contributed by atoms with van der Waals surface area (Å²) in [6.07, 6.45) is -2.75. The van der Waals surface area contributed by atoms with Crippen molar-refractivity contribution in [1.29, 1.82) is 0 Å². The first-order valence-electron chi connectivity index (χ1n) is 5.26. The zero-order valence-corrected chi connectivity index (χ0v) is 10.9. The molecule has 1 aromatic carbocycles. The lowest BCUT2D eigenvalue weighted by molar-refractivity contribution is 0.153. The number of hydrogen-bond acceptors (Lipinski definition) is 3. The van der Waals surface area contributed by atoms with Crippen molar-refractivity contribution in [3.63, 3.8) is 0 Å². The van der Waals surface area contributed by atoms with Gasteiger partial charge in [0.1, 0.15) is 0 Å². The second-order valence-electron chi connectivity index (χ2n) is 3.95. The highest BCUT2D eigenvalue weighted by Crippen LogP contribution is 2.20. The highest BCUT2D eigenvalue weighted by Gasteiger charge is 2.19. The molecular weight excluding hydrogens is 264 g/mol. The van der Waals surface area contributed by atoms with Crippen molar-refractivity contribution in [3.05, 3.63) is 28.8 Å². The van der Waals surface area contributed by atoms with Crippen LogP contribution in [0.1, 0.15) is 16.7 Å². The van der Waals surface area contributed by atoms with Crippen molar-refractivity contribution in [3.8, 4) is 0 Å². The summed E-state index contributed by atoms with van der Waals surface area (Å²) >= 11 is 0. The van der Waals surface area contributed by atoms with Gasteiger partial charge in [0.15, 0.2) is 0 Å². The Kier molecular flexibility index (Phi) is 4.78. The van der Waals surface area contributed by atoms with E-state index < -0.39 is 23.0 Å². The second-order valence-corrected chi connectivity index (χ2v) is 5.68. The Balaban J connectivity index is 3.16. The maximum atomic E-state index is 12.0. The van der Waals surface area contributed by atoms with Crippen molar-refractivity contribution in [2.75, 3.05) is 6.54 Å². The first-order chi connectivity index (χ1) is 8.27. The average Bonchev–Trinajstić information content (AvgIpc) is 2.26. The molecule has 0 fully saturated rings. The quantitative estimate of drug-likeness (QED) is 0.854. The number of hydrogen-bond donors (Lipinski definition) is 2. The molecule has 0 aliphatic carbocycles. The smallest absolute Gasteiger partial charge is 0.251 e. The zero-order valence-electron chi connectivity index (χ0n) is 10.1. The lowest BCUT2D eigenvalue weighted by Crippen LogP contribution is -2.29. The molecule has 0 unspecified atom stereocenters. The van der Waals surface area contributed by atoms with Crippen LogP contribution in [0, 0.1) is 13.8 Å². The molecule has 0 spiro atoms. The van der Waals surface area contributed by atoms with Crippen LogP contribution in [0.4, 0.5) is 8.78 Å². The van der Waals surface area contributed by atoms with Crippen molar-refractivity contribution in [2.24, 2.45) is 0 Å². The molecule has 0 radical (unpaired) electrons. The number of halogens is 2. The maximum Gasteiger partial charge on any atom is 0.251 e. The van der Waals surface area contributed by atoms with Gasteiger partial charge in [-0.1, -0.05) is 6.07 Å². The minimum absolute atomic E-state index is 0.0854. The first kappa shape index (κ1) is 15.0. The lowest BCUT2D eigenvalue weighted by Gasteiger charge is -2.12. The number of aliphatic hydroxyl groups excluding tert-OH is 1. The van der Waals surface area contributed by atoms with Crippen molar-refractivity contribution >= 4 is 10.0 Å². The summed E-state index contributed by atoms with van der Waals surface area (Å²) in [6, 6.07) is 2.90. The van der Waals surface area contributed by atoms with E-state index in [-0.39, 0.29) is 11.5 Å². The topological polar surface area (TPSA) is 66.4 Å². The highest BCUT2D eigenvalue weighted by molar-refractivity contribution is 7.89. The molecule has 0 aromatic heterocycles. The summed E-state index contributed by atoms with van der Waals surface area (Å²) in [7, 11) is -3.98. The molecule has 0 amide bonds. The number of rotatable bonds is 5. The fraction of sp³-hybridized carbons (Fsp3) is 0.455. The van der Waals surface area contributed by atoms with Gasteiger partial charge in [0.2, 0.25) is 10.0 Å². The molecule has 0 saturated heterocycles. The summed E-state index contributed by atoms with van der Waals surface area (Å²) in [5.74, 6) is 0. The van der Waals surface area contributed by atoms with Gasteiger partial charge in [0.05, 0.1) is 18.0 Å². The number of sulfonamides is 1. The van der Waals surface area contributed by atoms with E-state index in [0.717, 1.165) is 5.56 Å². The molecule has 1 aromatic rings. The fourth-order valence-electron chi connectivity index (χ4n) is 1.58. The molecule has 7 heteroatoms. The summed E-state index contributed by atoms with van der Waals surface area (Å²) in [5, 5.41) is 9.08. The molecule has 2 N–H and O–H groups in total. The molecule has 1 rings (SSSR count). The number of aryl methyl sites for hydroxylation is 2. The van der Waals surface area contributed by atoms with Crippen LogP contribution in [-0.4, -0.2) is 26.5 Å². The van der Waals surface area contributed by atoms with Crippen LogP contribution in [0.5, 0.6) is 0 Å². The molecule has 0 saturated carbocycles. The van der Waals surface area contributed by atoms with Gasteiger partial charge < -0.3 is 5.11 Å². The number of aliphatic hydroxyl groups is 1. The SMILES string of the molecule is Cc1cc(C)c(S(=O)(=O)NCC(F)F)cc1CO. The van der Waals surface area contributed by atoms with Crippen molar-refractivity contribution < 1.29 is 22.3 Å². The highest BCUT2D eigenvalue weighted by atomic mass is 32.2. The summed E-state index contributed by atoms with van der Waals surface area (Å²) in [4.78, 5) is -0.0854. The number of benzene rings is 1. The normalized spacial score (nSPS) is 12.1. The Morgan fingerprint density at radius 2 is 1.89 bits per heavy atom. The standard InChI is InChI=1S/C11H15F2NO3S/c1-7-3-8(2)10(4-9(7)6-15)18(16,17)14-5-11(12)13/h3-4,11,14-15H,5-6H2,1-2H3. The van der Waals surface area contributed by atoms with E-state index in [1.807, 2.05) is 4.72 Å². The van der Waals surface area contributed by atoms with Crippen molar-refractivity contribution in [2.45, 2.75) is 31.8 Å². The van der Waals surface area contributed by atoms with Gasteiger partial charge in [-0.15, -0.1) is 0 Å². The van der Waals surface area contributed by atoms with E-state index in [2.05, 4.69) is 0 Å². The van der Waals surface area contributed by atoms with Crippen LogP contribution in [0.15, 0.2) is 17.0 Å². The minimum atomic E-state index is -3.98. The van der Waals surface area contributed by atoms with E-state index in [9.17, 15) is 17.2 Å². The summed E-state index contributed by atoms with van der Waals surface area (Å²) in [6.45, 7) is 2.08. The summed E-state index contributed by atoms with van der Waals surface area (Å²) < 4.78 is 49.5. The molecule has 0 aliphatic rings. The van der Waals surface area contributed by atoms with Crippen LogP contribution in [0.2, 0.25) is 0 Å². The van der Waals surface area contributed by atoms with E-state index >= 15 is 0 Å². The van der Waals surface area contributed by atoms with Gasteiger partial charge >= 0.3 is 0 Å². The Labute approximate surface area is 105 Å². The number of nitrogens with one attached hydrogen (secondary N) is 1. The predicted molar refractivity (Wildman–Crippen MR) is 63.0 cm³/mol. The monoisotopic (exact) mass is 279 g/mol. The van der Waals surface area contributed by atoms with Crippen LogP contribution < -0.4 is 4.72 Å². The van der Waals surface area contributed by atoms with Crippen LogP contribution >= 0.6 is 0 Å². The van der Waals surface area contributed by atoms with Gasteiger partial charge in [0, 0.05) is 0 Å². The third-order valence-electron chi connectivity index (χ3n) is 2.52. The van der Waals surface area contributed by atoms with Crippen LogP contribution in [0.3, 0.4) is 0 Å². The molecule has 0 atom stereocenters. The van der Waals surface area contributed by atoms with Gasteiger partial charge in [-0.2, -0.15) is 0 Å². The minimum Gasteiger partial charge on any atom is -0.392 e. The fourth-order valence-corrected chi connectivity index (χ4v) is 2.87. The van der Waals surface area contributed by atoms with E-state index in [0.29, 0.717) is 11.1 Å². The van der Waals surface area contributed by atoms with E-state index in [1.54, 1.807) is 19.9 Å². The third kappa shape index (κ3) is 3.47. The molecule has 4 nitrogen and oxygen atoms in total. The number of alkyl halides is 2. The molecule has 18 heavy (non-hydrogen) atoms. The Bertz CT molecular complexity index is 529. The second kappa shape index (κ2) is 5.73. The molecule has 0 aliphatic heterocycles. The predicted octanol–water partition coefficient (Wildman–Crippen LogP) is 1.34. The van der Waals surface area contributed by atoms with Gasteiger partial charge in [0.25, 0.3) is 6.43 Å². The zero-order chi connectivity index (χ0) is 13.9.